The fourth-order valence-corrected chi connectivity index (χ4v) is 2.51. The van der Waals surface area contributed by atoms with Gasteiger partial charge in [-0.05, 0) is 36.0 Å². The minimum atomic E-state index is -1.00. The van der Waals surface area contributed by atoms with E-state index in [2.05, 4.69) is 5.32 Å². The molecular formula is C16H20FNO3. The van der Waals surface area contributed by atoms with Crippen molar-refractivity contribution in [3.05, 3.63) is 35.6 Å². The number of carboxylic acid groups (broad SMARTS) is 1. The van der Waals surface area contributed by atoms with Crippen LogP contribution in [0.25, 0.3) is 0 Å². The number of nitrogens with one attached hydrogen (secondary N) is 1. The van der Waals surface area contributed by atoms with Crippen molar-refractivity contribution in [1.82, 2.24) is 5.32 Å². The molecule has 0 spiro atoms. The molecule has 21 heavy (non-hydrogen) atoms. The van der Waals surface area contributed by atoms with Gasteiger partial charge in [-0.3, -0.25) is 4.79 Å². The van der Waals surface area contributed by atoms with E-state index in [1.54, 1.807) is 12.1 Å². The molecule has 114 valence electrons. The van der Waals surface area contributed by atoms with Crippen molar-refractivity contribution in [3.63, 3.8) is 0 Å². The van der Waals surface area contributed by atoms with Crippen LogP contribution in [0.1, 0.15) is 38.2 Å². The first-order chi connectivity index (χ1) is 9.93. The van der Waals surface area contributed by atoms with E-state index in [9.17, 15) is 19.1 Å². The topological polar surface area (TPSA) is 66.4 Å². The molecule has 1 aromatic carbocycles. The number of aliphatic carboxylic acids is 1. The number of carboxylic acids is 1. The van der Waals surface area contributed by atoms with Crippen LogP contribution in [0.4, 0.5) is 4.39 Å². The monoisotopic (exact) mass is 293 g/mol. The standard InChI is InChI=1S/C16H20FNO3/c1-3-9(2)14(16(20)21)18-15(19)13-8-12(13)10-4-6-11(17)7-5-10/h4-7,9,12-14H,3,8H2,1-2H3,(H,18,19)(H,20,21)/t9-,12?,13?,14-/m0/s1. The molecule has 1 aliphatic carbocycles. The molecule has 4 nitrogen and oxygen atoms in total. The molecule has 4 atom stereocenters. The SMILES string of the molecule is CC[C@H](C)[C@H](NC(=O)C1CC1c1ccc(F)cc1)C(=O)O. The predicted molar refractivity (Wildman–Crippen MR) is 76.3 cm³/mol. The Labute approximate surface area is 123 Å². The third-order valence-corrected chi connectivity index (χ3v) is 4.20. The Morgan fingerprint density at radius 2 is 2.00 bits per heavy atom. The maximum Gasteiger partial charge on any atom is 0.326 e. The molecule has 2 rings (SSSR count). The second kappa shape index (κ2) is 6.24. The summed E-state index contributed by atoms with van der Waals surface area (Å²) in [4.78, 5) is 23.4. The first-order valence-electron chi connectivity index (χ1n) is 7.22. The molecule has 1 aromatic rings. The molecule has 1 fully saturated rings. The third kappa shape index (κ3) is 3.60. The van der Waals surface area contributed by atoms with Crippen molar-refractivity contribution in [1.29, 1.82) is 0 Å². The second-order valence-corrected chi connectivity index (χ2v) is 5.71. The fraction of sp³-hybridized carbons (Fsp3) is 0.500. The van der Waals surface area contributed by atoms with Crippen LogP contribution in [0.2, 0.25) is 0 Å². The van der Waals surface area contributed by atoms with Gasteiger partial charge in [0.1, 0.15) is 11.9 Å². The Morgan fingerprint density at radius 3 is 2.52 bits per heavy atom. The van der Waals surface area contributed by atoms with Crippen molar-refractivity contribution in [3.8, 4) is 0 Å². The number of hydrogen-bond acceptors (Lipinski definition) is 2. The lowest BCUT2D eigenvalue weighted by molar-refractivity contribution is -0.143. The fourth-order valence-electron chi connectivity index (χ4n) is 2.51. The lowest BCUT2D eigenvalue weighted by atomic mass is 9.99. The highest BCUT2D eigenvalue weighted by Crippen LogP contribution is 2.47. The van der Waals surface area contributed by atoms with Gasteiger partial charge >= 0.3 is 5.97 Å². The quantitative estimate of drug-likeness (QED) is 0.847. The second-order valence-electron chi connectivity index (χ2n) is 5.71. The lowest BCUT2D eigenvalue weighted by Gasteiger charge is -2.20. The molecule has 1 saturated carbocycles. The Bertz CT molecular complexity index is 529. The van der Waals surface area contributed by atoms with E-state index in [1.807, 2.05) is 13.8 Å². The molecule has 1 amide bonds. The molecule has 2 unspecified atom stereocenters. The number of carbonyl (C=O) groups is 2. The van der Waals surface area contributed by atoms with Crippen LogP contribution < -0.4 is 5.32 Å². The average Bonchev–Trinajstić information content (AvgIpc) is 3.24. The molecule has 5 heteroatoms. The third-order valence-electron chi connectivity index (χ3n) is 4.20. The molecule has 0 aromatic heterocycles. The molecule has 1 aliphatic rings. The van der Waals surface area contributed by atoms with E-state index >= 15 is 0 Å². The molecular weight excluding hydrogens is 273 g/mol. The average molecular weight is 293 g/mol. The molecule has 0 radical (unpaired) electrons. The van der Waals surface area contributed by atoms with E-state index in [0.717, 1.165) is 5.56 Å². The maximum atomic E-state index is 12.9. The van der Waals surface area contributed by atoms with Gasteiger partial charge in [0.2, 0.25) is 5.91 Å². The summed E-state index contributed by atoms with van der Waals surface area (Å²) >= 11 is 0. The smallest absolute Gasteiger partial charge is 0.326 e. The summed E-state index contributed by atoms with van der Waals surface area (Å²) in [6, 6.07) is 5.26. The number of halogens is 1. The van der Waals surface area contributed by atoms with Crippen molar-refractivity contribution >= 4 is 11.9 Å². The van der Waals surface area contributed by atoms with Gasteiger partial charge in [-0.15, -0.1) is 0 Å². The molecule has 2 N–H and O–H groups in total. The minimum Gasteiger partial charge on any atom is -0.480 e. The maximum absolute atomic E-state index is 12.9. The summed E-state index contributed by atoms with van der Waals surface area (Å²) in [5, 5.41) is 11.8. The Morgan fingerprint density at radius 1 is 1.38 bits per heavy atom. The highest BCUT2D eigenvalue weighted by Gasteiger charge is 2.45. The van der Waals surface area contributed by atoms with Crippen LogP contribution in [0, 0.1) is 17.7 Å². The van der Waals surface area contributed by atoms with Crippen LogP contribution >= 0.6 is 0 Å². The normalized spacial score (nSPS) is 23.2. The first kappa shape index (κ1) is 15.5. The zero-order valence-electron chi connectivity index (χ0n) is 12.2. The Balaban J connectivity index is 1.96. The van der Waals surface area contributed by atoms with Gasteiger partial charge in [0.15, 0.2) is 0 Å². The summed E-state index contributed by atoms with van der Waals surface area (Å²) in [6.45, 7) is 3.70. The van der Waals surface area contributed by atoms with Crippen LogP contribution in [-0.4, -0.2) is 23.0 Å². The van der Waals surface area contributed by atoms with Crippen LogP contribution in [0.15, 0.2) is 24.3 Å². The molecule has 0 aliphatic heterocycles. The summed E-state index contributed by atoms with van der Waals surface area (Å²) in [6.07, 6.45) is 1.37. The van der Waals surface area contributed by atoms with Crippen LogP contribution in [-0.2, 0) is 9.59 Å². The van der Waals surface area contributed by atoms with Crippen LogP contribution in [0.5, 0.6) is 0 Å². The van der Waals surface area contributed by atoms with Crippen molar-refractivity contribution in [2.45, 2.75) is 38.6 Å². The number of rotatable bonds is 6. The number of hydrogen-bond donors (Lipinski definition) is 2. The van der Waals surface area contributed by atoms with Crippen molar-refractivity contribution in [2.24, 2.45) is 11.8 Å². The van der Waals surface area contributed by atoms with Gasteiger partial charge in [0.05, 0.1) is 0 Å². The van der Waals surface area contributed by atoms with E-state index < -0.39 is 12.0 Å². The van der Waals surface area contributed by atoms with Crippen molar-refractivity contribution in [2.75, 3.05) is 0 Å². The van der Waals surface area contributed by atoms with Gasteiger partial charge < -0.3 is 10.4 Å². The predicted octanol–water partition coefficient (Wildman–Crippen LogP) is 2.54. The van der Waals surface area contributed by atoms with Gasteiger partial charge in [-0.25, -0.2) is 9.18 Å². The Kier molecular flexibility index (Phi) is 4.60. The van der Waals surface area contributed by atoms with Gasteiger partial charge in [-0.2, -0.15) is 0 Å². The van der Waals surface area contributed by atoms with Gasteiger partial charge in [0, 0.05) is 5.92 Å². The summed E-state index contributed by atoms with van der Waals surface area (Å²) < 4.78 is 12.9. The zero-order valence-corrected chi connectivity index (χ0v) is 12.2. The highest BCUT2D eigenvalue weighted by atomic mass is 19.1. The van der Waals surface area contributed by atoms with Gasteiger partial charge in [-0.1, -0.05) is 32.4 Å². The first-order valence-corrected chi connectivity index (χ1v) is 7.22. The summed E-state index contributed by atoms with van der Waals surface area (Å²) in [7, 11) is 0. The van der Waals surface area contributed by atoms with Crippen LogP contribution in [0.3, 0.4) is 0 Å². The molecule has 0 saturated heterocycles. The van der Waals surface area contributed by atoms with E-state index in [4.69, 9.17) is 0 Å². The van der Waals surface area contributed by atoms with E-state index in [0.29, 0.717) is 12.8 Å². The zero-order chi connectivity index (χ0) is 15.6. The largest absolute Gasteiger partial charge is 0.480 e. The molecule has 0 heterocycles. The number of benzene rings is 1. The minimum absolute atomic E-state index is 0.0666. The number of carbonyl (C=O) groups excluding carboxylic acids is 1. The summed E-state index contributed by atoms with van der Waals surface area (Å²) in [5.74, 6) is -1.79. The Hall–Kier alpha value is -1.91. The van der Waals surface area contributed by atoms with Crippen molar-refractivity contribution < 1.29 is 19.1 Å². The number of amides is 1. The summed E-state index contributed by atoms with van der Waals surface area (Å²) in [5.41, 5.74) is 0.923. The highest BCUT2D eigenvalue weighted by molar-refractivity contribution is 5.87. The van der Waals surface area contributed by atoms with E-state index in [1.165, 1.54) is 12.1 Å². The lowest BCUT2D eigenvalue weighted by Crippen LogP contribution is -2.45. The molecule has 0 bridgehead atoms. The van der Waals surface area contributed by atoms with E-state index in [-0.39, 0.29) is 29.5 Å². The van der Waals surface area contributed by atoms with Gasteiger partial charge in [0.25, 0.3) is 0 Å².